The Balaban J connectivity index is 0.000000208. The molecule has 0 radical (unpaired) electrons. The van der Waals surface area contributed by atoms with Gasteiger partial charge in [0.2, 0.25) is 33.6 Å². The van der Waals surface area contributed by atoms with Crippen molar-refractivity contribution in [3.63, 3.8) is 0 Å². The standard InChI is InChI=1S/C21H19F3N4O4S.C20H17F3N4O2.ClH/c1-33(30,31)27-12-16(13-27)19(29)28(17-5-3-2-4-6-17)11-14-7-9-15(10-8-14)18-25-26-20(32-18)21(22,23)24;21-20(22,23)19-26-25-17(29-19)14-8-6-13(7-9-14)12-27(16-4-2-1-3-5-16)18(28)15-10-24-11-15;/h2-10,16H,11-13H2,1H3;1-9,15,24H,10-12H2;1H. The lowest BCUT2D eigenvalue weighted by atomic mass is 10.0. The summed E-state index contributed by atoms with van der Waals surface area (Å²) in [6.07, 6.45) is -8.31. The molecule has 4 aromatic carbocycles. The minimum atomic E-state index is -4.73. The summed E-state index contributed by atoms with van der Waals surface area (Å²) in [7, 11) is -3.35. The Morgan fingerprint density at radius 3 is 1.33 bits per heavy atom. The Labute approximate surface area is 362 Å². The molecule has 2 saturated heterocycles. The van der Waals surface area contributed by atoms with E-state index in [1.54, 1.807) is 70.5 Å². The molecule has 0 unspecified atom stereocenters. The van der Waals surface area contributed by atoms with Crippen molar-refractivity contribution >= 4 is 45.6 Å². The second kappa shape index (κ2) is 19.1. The van der Waals surface area contributed by atoms with E-state index < -0.39 is 40.1 Å². The van der Waals surface area contributed by atoms with Crippen LogP contribution in [0.15, 0.2) is 118 Å². The number of aromatic nitrogens is 4. The van der Waals surface area contributed by atoms with Crippen LogP contribution in [0.4, 0.5) is 37.7 Å². The number of rotatable bonds is 11. The van der Waals surface area contributed by atoms with Crippen molar-refractivity contribution in [2.45, 2.75) is 25.4 Å². The molecule has 6 aromatic rings. The van der Waals surface area contributed by atoms with Crippen molar-refractivity contribution in [3.8, 4) is 22.9 Å². The predicted octanol–water partition coefficient (Wildman–Crippen LogP) is 7.11. The van der Waals surface area contributed by atoms with E-state index in [1.807, 2.05) is 36.4 Å². The third kappa shape index (κ3) is 11.3. The third-order valence-electron chi connectivity index (χ3n) is 9.88. The number of carbonyl (C=O) groups is 2. The van der Waals surface area contributed by atoms with Gasteiger partial charge >= 0.3 is 24.1 Å². The van der Waals surface area contributed by atoms with Crippen LogP contribution in [0, 0.1) is 11.8 Å². The summed E-state index contributed by atoms with van der Waals surface area (Å²) in [6.45, 7) is 2.09. The molecule has 0 saturated carbocycles. The molecule has 2 aromatic heterocycles. The lowest BCUT2D eigenvalue weighted by Crippen LogP contribution is -2.56. The number of anilines is 2. The van der Waals surface area contributed by atoms with Crippen LogP contribution in [-0.4, -0.2) is 77.4 Å². The highest BCUT2D eigenvalue weighted by Gasteiger charge is 2.41. The summed E-state index contributed by atoms with van der Waals surface area (Å²) < 4.78 is 110. The van der Waals surface area contributed by atoms with Gasteiger partial charge in [-0.25, -0.2) is 12.7 Å². The smallest absolute Gasteiger partial charge is 0.413 e. The van der Waals surface area contributed by atoms with Crippen LogP contribution in [0.3, 0.4) is 0 Å². The summed E-state index contributed by atoms with van der Waals surface area (Å²) in [4.78, 5) is 29.3. The van der Waals surface area contributed by atoms with Crippen LogP contribution in [-0.2, 0) is 45.1 Å². The summed E-state index contributed by atoms with van der Waals surface area (Å²) in [5, 5.41) is 16.0. The van der Waals surface area contributed by atoms with Gasteiger partial charge < -0.3 is 24.0 Å². The molecule has 4 heterocycles. The first kappa shape index (κ1) is 46.3. The molecule has 0 atom stereocenters. The van der Waals surface area contributed by atoms with Gasteiger partial charge in [-0.1, -0.05) is 60.7 Å². The maximum Gasteiger partial charge on any atom is 0.470 e. The highest BCUT2D eigenvalue weighted by atomic mass is 35.5. The quantitative estimate of drug-likeness (QED) is 0.132. The summed E-state index contributed by atoms with van der Waals surface area (Å²) in [5.74, 6) is -3.98. The average molecular weight is 919 g/mol. The molecular weight excluding hydrogens is 882 g/mol. The van der Waals surface area contributed by atoms with E-state index >= 15 is 0 Å². The van der Waals surface area contributed by atoms with Gasteiger partial charge in [-0.05, 0) is 59.7 Å². The van der Waals surface area contributed by atoms with Crippen molar-refractivity contribution in [2.75, 3.05) is 42.2 Å². The molecule has 0 bridgehead atoms. The molecule has 2 aliphatic heterocycles. The molecule has 2 fully saturated rings. The van der Waals surface area contributed by atoms with Crippen LogP contribution in [0.25, 0.3) is 22.9 Å². The monoisotopic (exact) mass is 918 g/mol. The van der Waals surface area contributed by atoms with E-state index in [0.717, 1.165) is 17.5 Å². The Bertz CT molecular complexity index is 2590. The average Bonchev–Trinajstić information content (AvgIpc) is 3.91. The number of nitrogens with zero attached hydrogens (tertiary/aromatic N) is 7. The molecule has 8 rings (SSSR count). The number of para-hydroxylation sites is 2. The van der Waals surface area contributed by atoms with Crippen molar-refractivity contribution in [3.05, 3.63) is 132 Å². The van der Waals surface area contributed by atoms with Crippen molar-refractivity contribution in [1.82, 2.24) is 30.0 Å². The van der Waals surface area contributed by atoms with Gasteiger partial charge in [-0.15, -0.1) is 32.8 Å². The van der Waals surface area contributed by atoms with Crippen molar-refractivity contribution < 1.29 is 53.2 Å². The number of halogens is 7. The molecule has 2 amide bonds. The number of hydrogen-bond acceptors (Lipinski definition) is 11. The molecular formula is C41H37ClF6N8O6S. The van der Waals surface area contributed by atoms with Gasteiger partial charge in [0.25, 0.3) is 0 Å². The lowest BCUT2D eigenvalue weighted by Gasteiger charge is -2.39. The fourth-order valence-electron chi connectivity index (χ4n) is 6.36. The van der Waals surface area contributed by atoms with E-state index in [2.05, 4.69) is 30.1 Å². The van der Waals surface area contributed by atoms with Gasteiger partial charge in [0.1, 0.15) is 0 Å². The van der Waals surface area contributed by atoms with Gasteiger partial charge in [0.05, 0.1) is 31.2 Å². The maximum absolute atomic E-state index is 13.2. The number of hydrogen-bond donors (Lipinski definition) is 1. The van der Waals surface area contributed by atoms with E-state index in [9.17, 15) is 44.3 Å². The molecule has 0 spiro atoms. The van der Waals surface area contributed by atoms with Crippen LogP contribution < -0.4 is 15.1 Å². The van der Waals surface area contributed by atoms with Gasteiger partial charge in [-0.2, -0.15) is 26.3 Å². The van der Waals surface area contributed by atoms with Gasteiger partial charge in [0.15, 0.2) is 0 Å². The van der Waals surface area contributed by atoms with Gasteiger partial charge in [-0.3, -0.25) is 9.59 Å². The fourth-order valence-corrected chi connectivity index (χ4v) is 7.26. The molecule has 22 heteroatoms. The Kier molecular flexibility index (Phi) is 14.0. The largest absolute Gasteiger partial charge is 0.470 e. The zero-order valence-corrected chi connectivity index (χ0v) is 34.6. The first-order chi connectivity index (χ1) is 29.4. The summed E-state index contributed by atoms with van der Waals surface area (Å²) in [5.41, 5.74) is 3.66. The Morgan fingerprint density at radius 2 is 1.02 bits per heavy atom. The number of alkyl halides is 6. The Hall–Kier alpha value is -6.16. The topological polar surface area (TPSA) is 168 Å². The van der Waals surface area contributed by atoms with Crippen LogP contribution in [0.1, 0.15) is 22.9 Å². The first-order valence-corrected chi connectivity index (χ1v) is 20.7. The second-order valence-electron chi connectivity index (χ2n) is 14.4. The number of sulfonamides is 1. The van der Waals surface area contributed by atoms with E-state index in [-0.39, 0.29) is 61.6 Å². The second-order valence-corrected chi connectivity index (χ2v) is 16.3. The normalized spacial score (nSPS) is 14.7. The molecule has 2 aliphatic rings. The third-order valence-corrected chi connectivity index (χ3v) is 11.1. The molecule has 0 aliphatic carbocycles. The number of nitrogens with one attached hydrogen (secondary N) is 1. The zero-order valence-electron chi connectivity index (χ0n) is 33.0. The summed E-state index contributed by atoms with van der Waals surface area (Å²) in [6, 6.07) is 31.3. The van der Waals surface area contributed by atoms with Crippen LogP contribution in [0.2, 0.25) is 0 Å². The minimum Gasteiger partial charge on any atom is -0.413 e. The van der Waals surface area contributed by atoms with Crippen LogP contribution in [0.5, 0.6) is 0 Å². The molecule has 14 nitrogen and oxygen atoms in total. The zero-order chi connectivity index (χ0) is 44.2. The first-order valence-electron chi connectivity index (χ1n) is 18.8. The van der Waals surface area contributed by atoms with E-state index in [1.165, 1.54) is 16.4 Å². The maximum atomic E-state index is 13.2. The van der Waals surface area contributed by atoms with Crippen molar-refractivity contribution in [1.29, 1.82) is 0 Å². The highest BCUT2D eigenvalue weighted by molar-refractivity contribution is 7.88. The summed E-state index contributed by atoms with van der Waals surface area (Å²) >= 11 is 0. The highest BCUT2D eigenvalue weighted by Crippen LogP contribution is 2.33. The minimum absolute atomic E-state index is 0. The Morgan fingerprint density at radius 1 is 0.635 bits per heavy atom. The van der Waals surface area contributed by atoms with Crippen molar-refractivity contribution in [2.24, 2.45) is 11.8 Å². The fraction of sp³-hybridized carbons (Fsp3) is 0.268. The van der Waals surface area contributed by atoms with E-state index in [0.29, 0.717) is 42.0 Å². The molecule has 63 heavy (non-hydrogen) atoms. The van der Waals surface area contributed by atoms with Crippen LogP contribution >= 0.6 is 12.4 Å². The molecule has 332 valence electrons. The SMILES string of the molecule is CS(=O)(=O)N1CC(C(=O)N(Cc2ccc(-c3nnc(C(F)(F)F)o3)cc2)c2ccccc2)C1.Cl.O=C(C1CNC1)N(Cc1ccc(-c2nnc(C(F)(F)F)o2)cc1)c1ccccc1. The van der Waals surface area contributed by atoms with Gasteiger partial charge in [0, 0.05) is 48.7 Å². The van der Waals surface area contributed by atoms with E-state index in [4.69, 9.17) is 4.42 Å². The number of carbonyl (C=O) groups excluding carboxylic acids is 2. The predicted molar refractivity (Wildman–Crippen MR) is 218 cm³/mol. The number of benzene rings is 4. The number of amides is 2. The lowest BCUT2D eigenvalue weighted by molar-refractivity contribution is -0.157. The molecule has 1 N–H and O–H groups in total.